The Kier molecular flexibility index (Phi) is 9.55. The molecule has 42 heavy (non-hydrogen) atoms. The van der Waals surface area contributed by atoms with Gasteiger partial charge in [0.2, 0.25) is 5.91 Å². The molecule has 5 rings (SSSR count). The average Bonchev–Trinajstić information content (AvgIpc) is 3.69. The fourth-order valence-corrected chi connectivity index (χ4v) is 5.83. The van der Waals surface area contributed by atoms with Gasteiger partial charge in [0.25, 0.3) is 11.8 Å². The summed E-state index contributed by atoms with van der Waals surface area (Å²) in [6, 6.07) is 23.6. The predicted molar refractivity (Wildman–Crippen MR) is 168 cm³/mol. The fourth-order valence-electron chi connectivity index (χ4n) is 3.72. The number of anilines is 2. The third-order valence-corrected chi connectivity index (χ3v) is 8.19. The number of benzene rings is 3. The predicted octanol–water partition coefficient (Wildman–Crippen LogP) is 7.15. The van der Waals surface area contributed by atoms with Gasteiger partial charge in [0.05, 0.1) is 11.4 Å². The van der Waals surface area contributed by atoms with Crippen LogP contribution in [0.25, 0.3) is 17.3 Å². The van der Waals surface area contributed by atoms with Crippen molar-refractivity contribution >= 4 is 69.1 Å². The minimum Gasteiger partial charge on any atom is -0.321 e. The molecule has 0 fully saturated rings. The van der Waals surface area contributed by atoms with Crippen LogP contribution in [-0.4, -0.2) is 28.5 Å². The van der Waals surface area contributed by atoms with Crippen molar-refractivity contribution in [3.8, 4) is 11.3 Å². The molecule has 0 aliphatic rings. The monoisotopic (exact) mass is 614 g/mol. The number of hydrogen-bond donors (Lipinski definition) is 3. The van der Waals surface area contributed by atoms with E-state index in [2.05, 4.69) is 20.9 Å². The van der Waals surface area contributed by atoms with E-state index >= 15 is 0 Å². The minimum absolute atomic E-state index is 0.100. The number of rotatable bonds is 10. The molecule has 3 aromatic carbocycles. The van der Waals surface area contributed by atoms with E-state index in [4.69, 9.17) is 0 Å². The summed E-state index contributed by atoms with van der Waals surface area (Å²) in [5.74, 6) is -1.31. The molecular formula is C31H23FN4O3S3. The second-order valence-electron chi connectivity index (χ2n) is 8.80. The van der Waals surface area contributed by atoms with Crippen LogP contribution in [0.3, 0.4) is 0 Å². The number of nitrogens with zero attached hydrogens (tertiary/aromatic N) is 1. The van der Waals surface area contributed by atoms with Gasteiger partial charge in [-0.15, -0.1) is 23.1 Å². The van der Waals surface area contributed by atoms with Crippen molar-refractivity contribution in [2.45, 2.75) is 4.90 Å². The SMILES string of the molecule is O=C(CSc1cccc(NC(=O)/C(=C/c2ccsc2)NC(=O)c2ccccc2)c1)Nc1nc(-c2ccc(F)cc2)cs1. The molecule has 0 atom stereocenters. The van der Waals surface area contributed by atoms with Crippen molar-refractivity contribution in [1.82, 2.24) is 10.3 Å². The lowest BCUT2D eigenvalue weighted by Gasteiger charge is -2.12. The largest absolute Gasteiger partial charge is 0.321 e. The second kappa shape index (κ2) is 13.9. The molecule has 3 N–H and O–H groups in total. The standard InChI is InChI=1S/C31H23FN4O3S3/c32-23-11-9-21(10-12-23)27-18-42-31(35-27)36-28(37)19-41-25-8-4-7-24(16-25)33-30(39)26(15-20-13-14-40-17-20)34-29(38)22-5-2-1-3-6-22/h1-18H,19H2,(H,33,39)(H,34,38)(H,35,36,37)/b26-15-. The summed E-state index contributed by atoms with van der Waals surface area (Å²) in [6.45, 7) is 0. The molecule has 0 spiro atoms. The molecule has 0 unspecified atom stereocenters. The van der Waals surface area contributed by atoms with Crippen molar-refractivity contribution in [3.63, 3.8) is 0 Å². The topological polar surface area (TPSA) is 100 Å². The van der Waals surface area contributed by atoms with Gasteiger partial charge in [-0.2, -0.15) is 11.3 Å². The van der Waals surface area contributed by atoms with Crippen LogP contribution in [0, 0.1) is 5.82 Å². The molecule has 0 bridgehead atoms. The zero-order valence-corrected chi connectivity index (χ0v) is 24.3. The Balaban J connectivity index is 1.19. The Labute approximate surface area is 253 Å². The maximum Gasteiger partial charge on any atom is 0.272 e. The van der Waals surface area contributed by atoms with Gasteiger partial charge in [0.1, 0.15) is 11.5 Å². The van der Waals surface area contributed by atoms with E-state index in [9.17, 15) is 18.8 Å². The number of amides is 3. The molecule has 0 saturated carbocycles. The summed E-state index contributed by atoms with van der Waals surface area (Å²) >= 11 is 4.07. The Morgan fingerprint density at radius 1 is 0.905 bits per heavy atom. The second-order valence-corrected chi connectivity index (χ2v) is 11.5. The first-order valence-corrected chi connectivity index (χ1v) is 15.4. The highest BCUT2D eigenvalue weighted by atomic mass is 32.2. The van der Waals surface area contributed by atoms with Crippen molar-refractivity contribution in [2.24, 2.45) is 0 Å². The van der Waals surface area contributed by atoms with Crippen LogP contribution in [0.5, 0.6) is 0 Å². The van der Waals surface area contributed by atoms with Gasteiger partial charge in [0, 0.05) is 27.1 Å². The van der Waals surface area contributed by atoms with E-state index in [-0.39, 0.29) is 23.2 Å². The molecule has 7 nitrogen and oxygen atoms in total. The van der Waals surface area contributed by atoms with Gasteiger partial charge < -0.3 is 16.0 Å². The fraction of sp³-hybridized carbons (Fsp3) is 0.0323. The maximum absolute atomic E-state index is 13.2. The number of thioether (sulfide) groups is 1. The summed E-state index contributed by atoms with van der Waals surface area (Å²) < 4.78 is 13.2. The molecule has 0 saturated heterocycles. The maximum atomic E-state index is 13.2. The Hall–Kier alpha value is -4.58. The van der Waals surface area contributed by atoms with Crippen molar-refractivity contribution in [3.05, 3.63) is 124 Å². The van der Waals surface area contributed by atoms with E-state index in [1.807, 2.05) is 29.0 Å². The first-order valence-electron chi connectivity index (χ1n) is 12.6. The molecule has 5 aromatic rings. The van der Waals surface area contributed by atoms with Crippen molar-refractivity contribution in [1.29, 1.82) is 0 Å². The Morgan fingerprint density at radius 2 is 1.71 bits per heavy atom. The van der Waals surface area contributed by atoms with Crippen molar-refractivity contribution < 1.29 is 18.8 Å². The van der Waals surface area contributed by atoms with Crippen LogP contribution >= 0.6 is 34.4 Å². The van der Waals surface area contributed by atoms with E-state index in [1.54, 1.807) is 66.1 Å². The van der Waals surface area contributed by atoms with Crippen LogP contribution in [0.1, 0.15) is 15.9 Å². The van der Waals surface area contributed by atoms with Crippen LogP contribution in [0.2, 0.25) is 0 Å². The highest BCUT2D eigenvalue weighted by Gasteiger charge is 2.16. The van der Waals surface area contributed by atoms with E-state index in [0.29, 0.717) is 22.1 Å². The summed E-state index contributed by atoms with van der Waals surface area (Å²) in [5.41, 5.74) is 3.25. The minimum atomic E-state index is -0.480. The Morgan fingerprint density at radius 3 is 2.48 bits per heavy atom. The molecule has 11 heteroatoms. The number of carbonyl (C=O) groups is 3. The van der Waals surface area contributed by atoms with Crippen LogP contribution in [0.15, 0.2) is 112 Å². The normalized spacial score (nSPS) is 11.1. The number of hydrogen-bond acceptors (Lipinski definition) is 7. The highest BCUT2D eigenvalue weighted by molar-refractivity contribution is 8.00. The average molecular weight is 615 g/mol. The van der Waals surface area contributed by atoms with Gasteiger partial charge in [-0.3, -0.25) is 14.4 Å². The van der Waals surface area contributed by atoms with Crippen LogP contribution in [0.4, 0.5) is 15.2 Å². The molecule has 3 amide bonds. The number of thiophene rings is 1. The quantitative estimate of drug-likeness (QED) is 0.115. The van der Waals surface area contributed by atoms with Gasteiger partial charge >= 0.3 is 0 Å². The number of nitrogens with one attached hydrogen (secondary N) is 3. The van der Waals surface area contributed by atoms with E-state index in [1.165, 1.54) is 46.6 Å². The highest BCUT2D eigenvalue weighted by Crippen LogP contribution is 2.26. The van der Waals surface area contributed by atoms with Crippen LogP contribution in [-0.2, 0) is 9.59 Å². The zero-order chi connectivity index (χ0) is 29.3. The number of halogens is 1. The lowest BCUT2D eigenvalue weighted by atomic mass is 10.2. The smallest absolute Gasteiger partial charge is 0.272 e. The zero-order valence-electron chi connectivity index (χ0n) is 21.9. The lowest BCUT2D eigenvalue weighted by Crippen LogP contribution is -2.30. The number of carbonyl (C=O) groups excluding carboxylic acids is 3. The first kappa shape index (κ1) is 28.9. The third kappa shape index (κ3) is 8.00. The lowest BCUT2D eigenvalue weighted by molar-refractivity contribution is -0.114. The van der Waals surface area contributed by atoms with Gasteiger partial charge in [-0.25, -0.2) is 9.37 Å². The molecule has 0 aliphatic heterocycles. The van der Waals surface area contributed by atoms with E-state index < -0.39 is 11.8 Å². The first-order chi connectivity index (χ1) is 20.4. The summed E-state index contributed by atoms with van der Waals surface area (Å²) in [6.07, 6.45) is 1.62. The van der Waals surface area contributed by atoms with E-state index in [0.717, 1.165) is 16.0 Å². The summed E-state index contributed by atoms with van der Waals surface area (Å²) in [5, 5.41) is 14.3. The number of aromatic nitrogens is 1. The summed E-state index contributed by atoms with van der Waals surface area (Å²) in [7, 11) is 0. The molecule has 2 aromatic heterocycles. The summed E-state index contributed by atoms with van der Waals surface area (Å²) in [4.78, 5) is 43.7. The molecule has 0 aliphatic carbocycles. The van der Waals surface area contributed by atoms with Gasteiger partial charge in [-0.1, -0.05) is 24.3 Å². The molecule has 0 radical (unpaired) electrons. The van der Waals surface area contributed by atoms with Crippen molar-refractivity contribution in [2.75, 3.05) is 16.4 Å². The molecule has 210 valence electrons. The third-order valence-electron chi connectivity index (χ3n) is 5.74. The van der Waals surface area contributed by atoms with Crippen LogP contribution < -0.4 is 16.0 Å². The Bertz CT molecular complexity index is 1720. The van der Waals surface area contributed by atoms with Gasteiger partial charge in [0.15, 0.2) is 5.13 Å². The number of thiazole rings is 1. The molecule has 2 heterocycles. The molecular weight excluding hydrogens is 592 g/mol. The van der Waals surface area contributed by atoms with Gasteiger partial charge in [-0.05, 0) is 83.1 Å².